The third-order valence-electron chi connectivity index (χ3n) is 6.73. The summed E-state index contributed by atoms with van der Waals surface area (Å²) in [7, 11) is 0. The molecule has 1 aliphatic rings. The Bertz CT molecular complexity index is 1600. The van der Waals surface area contributed by atoms with Gasteiger partial charge in [-0.3, -0.25) is 14.5 Å². The summed E-state index contributed by atoms with van der Waals surface area (Å²) in [6.07, 6.45) is 0. The van der Waals surface area contributed by atoms with Crippen molar-refractivity contribution in [3.63, 3.8) is 0 Å². The molecule has 37 heavy (non-hydrogen) atoms. The van der Waals surface area contributed by atoms with Gasteiger partial charge in [0.25, 0.3) is 5.78 Å². The molecule has 1 aliphatic heterocycles. The summed E-state index contributed by atoms with van der Waals surface area (Å²) in [5.74, 6) is -2.20. The minimum Gasteiger partial charge on any atom is -0.507 e. The molecule has 0 aliphatic carbocycles. The van der Waals surface area contributed by atoms with Gasteiger partial charge in [-0.15, -0.1) is 0 Å². The highest BCUT2D eigenvalue weighted by Gasteiger charge is 2.48. The standard InChI is InChI=1S/C30H27FN2O3S/c1-16-6-7-17(2)21(14-16)26(34)24-25(18-8-10-19(11-9-18)30(3,4)5)33(28(36)27(24)35)29-32-22-13-12-20(31)15-23(22)37-29/h6-15,25,34H,1-5H3. The molecule has 5 nitrogen and oxygen atoms in total. The summed E-state index contributed by atoms with van der Waals surface area (Å²) in [5.41, 5.74) is 4.42. The molecule has 5 rings (SSSR count). The summed E-state index contributed by atoms with van der Waals surface area (Å²) in [5, 5.41) is 11.8. The number of aryl methyl sites for hydroxylation is 2. The number of fused-ring (bicyclic) bond motifs is 1. The molecule has 0 spiro atoms. The molecule has 4 aromatic rings. The highest BCUT2D eigenvalue weighted by Crippen LogP contribution is 2.45. The molecule has 0 radical (unpaired) electrons. The lowest BCUT2D eigenvalue weighted by molar-refractivity contribution is -0.132. The number of carbonyl (C=O) groups excluding carboxylic acids is 2. The summed E-state index contributed by atoms with van der Waals surface area (Å²) in [6, 6.07) is 16.6. The van der Waals surface area contributed by atoms with Crippen LogP contribution in [0.25, 0.3) is 16.0 Å². The van der Waals surface area contributed by atoms with E-state index in [0.717, 1.165) is 28.0 Å². The number of hydrogen-bond donors (Lipinski definition) is 1. The zero-order valence-electron chi connectivity index (χ0n) is 21.3. The van der Waals surface area contributed by atoms with E-state index in [4.69, 9.17) is 0 Å². The number of anilines is 1. The van der Waals surface area contributed by atoms with E-state index in [1.807, 2.05) is 50.2 Å². The quantitative estimate of drug-likeness (QED) is 0.182. The van der Waals surface area contributed by atoms with Crippen LogP contribution in [0.4, 0.5) is 9.52 Å². The van der Waals surface area contributed by atoms with Crippen LogP contribution in [-0.4, -0.2) is 21.8 Å². The van der Waals surface area contributed by atoms with Crippen molar-refractivity contribution in [2.75, 3.05) is 4.90 Å². The predicted molar refractivity (Wildman–Crippen MR) is 145 cm³/mol. The van der Waals surface area contributed by atoms with Gasteiger partial charge in [0.15, 0.2) is 5.13 Å². The summed E-state index contributed by atoms with van der Waals surface area (Å²) in [6.45, 7) is 10.1. The molecule has 2 heterocycles. The second kappa shape index (κ2) is 8.92. The van der Waals surface area contributed by atoms with E-state index in [1.165, 1.54) is 17.0 Å². The Balaban J connectivity index is 1.74. The fraction of sp³-hybridized carbons (Fsp3) is 0.233. The molecule has 0 bridgehead atoms. The van der Waals surface area contributed by atoms with Crippen molar-refractivity contribution in [1.29, 1.82) is 0 Å². The van der Waals surface area contributed by atoms with Gasteiger partial charge < -0.3 is 5.11 Å². The van der Waals surface area contributed by atoms with Gasteiger partial charge in [0, 0.05) is 5.56 Å². The van der Waals surface area contributed by atoms with Gasteiger partial charge in [-0.25, -0.2) is 9.37 Å². The van der Waals surface area contributed by atoms with Crippen molar-refractivity contribution in [1.82, 2.24) is 4.98 Å². The number of carbonyl (C=O) groups is 2. The van der Waals surface area contributed by atoms with Crippen molar-refractivity contribution >= 4 is 44.1 Å². The predicted octanol–water partition coefficient (Wildman–Crippen LogP) is 6.98. The number of ketones is 1. The smallest absolute Gasteiger partial charge is 0.301 e. The Morgan fingerprint density at radius 1 is 1.00 bits per heavy atom. The van der Waals surface area contributed by atoms with Crippen LogP contribution in [0.3, 0.4) is 0 Å². The van der Waals surface area contributed by atoms with Crippen LogP contribution >= 0.6 is 11.3 Å². The van der Waals surface area contributed by atoms with Gasteiger partial charge >= 0.3 is 5.91 Å². The van der Waals surface area contributed by atoms with Crippen LogP contribution < -0.4 is 4.90 Å². The van der Waals surface area contributed by atoms with Gasteiger partial charge in [0.1, 0.15) is 11.6 Å². The highest BCUT2D eigenvalue weighted by molar-refractivity contribution is 7.22. The number of halogens is 1. The average molecular weight is 515 g/mol. The molecule has 7 heteroatoms. The maximum absolute atomic E-state index is 13.9. The maximum atomic E-state index is 13.9. The maximum Gasteiger partial charge on any atom is 0.301 e. The van der Waals surface area contributed by atoms with Gasteiger partial charge in [-0.1, -0.05) is 74.1 Å². The van der Waals surface area contributed by atoms with Crippen LogP contribution in [0.5, 0.6) is 0 Å². The van der Waals surface area contributed by atoms with E-state index in [0.29, 0.717) is 21.3 Å². The van der Waals surface area contributed by atoms with E-state index in [1.54, 1.807) is 12.1 Å². The molecule has 188 valence electrons. The number of nitrogens with zero attached hydrogens (tertiary/aromatic N) is 2. The first-order valence-electron chi connectivity index (χ1n) is 12.0. The molecular weight excluding hydrogens is 487 g/mol. The third-order valence-corrected chi connectivity index (χ3v) is 7.75. The van der Waals surface area contributed by atoms with Gasteiger partial charge in [-0.2, -0.15) is 0 Å². The minimum absolute atomic E-state index is 0.00708. The molecule has 1 unspecified atom stereocenters. The molecule has 1 saturated heterocycles. The zero-order chi connectivity index (χ0) is 26.6. The number of aliphatic hydroxyl groups excluding tert-OH is 1. The first-order chi connectivity index (χ1) is 17.5. The lowest BCUT2D eigenvalue weighted by Gasteiger charge is -2.25. The largest absolute Gasteiger partial charge is 0.507 e. The van der Waals surface area contributed by atoms with E-state index in [-0.39, 0.29) is 21.9 Å². The Morgan fingerprint density at radius 3 is 2.38 bits per heavy atom. The molecule has 1 fully saturated rings. The summed E-state index contributed by atoms with van der Waals surface area (Å²) < 4.78 is 14.4. The summed E-state index contributed by atoms with van der Waals surface area (Å²) in [4.78, 5) is 32.8. The first kappa shape index (κ1) is 24.8. The molecule has 1 aromatic heterocycles. The van der Waals surface area contributed by atoms with Crippen molar-refractivity contribution in [2.45, 2.75) is 46.1 Å². The number of hydrogen-bond acceptors (Lipinski definition) is 5. The number of Topliss-reactive ketones (excluding diaryl/α,β-unsaturated/α-hetero) is 1. The van der Waals surface area contributed by atoms with Crippen molar-refractivity contribution in [2.24, 2.45) is 0 Å². The van der Waals surface area contributed by atoms with Crippen LogP contribution in [0.15, 0.2) is 66.2 Å². The first-order valence-corrected chi connectivity index (χ1v) is 12.8. The lowest BCUT2D eigenvalue weighted by Crippen LogP contribution is -2.29. The number of thiazole rings is 1. The monoisotopic (exact) mass is 514 g/mol. The van der Waals surface area contributed by atoms with Gasteiger partial charge in [-0.05, 0) is 60.2 Å². The Morgan fingerprint density at radius 2 is 1.70 bits per heavy atom. The van der Waals surface area contributed by atoms with Crippen molar-refractivity contribution < 1.29 is 19.1 Å². The van der Waals surface area contributed by atoms with E-state index < -0.39 is 23.5 Å². The van der Waals surface area contributed by atoms with Gasteiger partial charge in [0.05, 0.1) is 21.8 Å². The Kier molecular flexibility index (Phi) is 5.99. The molecular formula is C30H27FN2O3S. The number of aromatic nitrogens is 1. The van der Waals surface area contributed by atoms with E-state index in [9.17, 15) is 19.1 Å². The second-order valence-electron chi connectivity index (χ2n) is 10.5. The highest BCUT2D eigenvalue weighted by atomic mass is 32.1. The average Bonchev–Trinajstić information content (AvgIpc) is 3.37. The fourth-order valence-electron chi connectivity index (χ4n) is 4.64. The third kappa shape index (κ3) is 4.33. The number of benzene rings is 3. The SMILES string of the molecule is Cc1ccc(C)c(C(O)=C2C(=O)C(=O)N(c3nc4ccc(F)cc4s3)C2c2ccc(C(C)(C)C)cc2)c1. The normalized spacial score (nSPS) is 17.7. The fourth-order valence-corrected chi connectivity index (χ4v) is 5.65. The Labute approximate surface area is 218 Å². The zero-order valence-corrected chi connectivity index (χ0v) is 22.1. The number of aliphatic hydroxyl groups is 1. The van der Waals surface area contributed by atoms with Crippen LogP contribution in [0.2, 0.25) is 0 Å². The van der Waals surface area contributed by atoms with Crippen LogP contribution in [0, 0.1) is 19.7 Å². The number of rotatable bonds is 3. The van der Waals surface area contributed by atoms with E-state index in [2.05, 4.69) is 25.8 Å². The summed E-state index contributed by atoms with van der Waals surface area (Å²) >= 11 is 1.13. The second-order valence-corrected chi connectivity index (χ2v) is 11.5. The van der Waals surface area contributed by atoms with E-state index >= 15 is 0 Å². The minimum atomic E-state index is -0.890. The molecule has 0 saturated carbocycles. The van der Waals surface area contributed by atoms with Crippen molar-refractivity contribution in [3.8, 4) is 0 Å². The van der Waals surface area contributed by atoms with Gasteiger partial charge in [0.2, 0.25) is 0 Å². The van der Waals surface area contributed by atoms with Crippen LogP contribution in [-0.2, 0) is 15.0 Å². The van der Waals surface area contributed by atoms with Crippen LogP contribution in [0.1, 0.15) is 54.6 Å². The number of amides is 1. The topological polar surface area (TPSA) is 70.5 Å². The molecule has 1 amide bonds. The molecule has 1 N–H and O–H groups in total. The lowest BCUT2D eigenvalue weighted by atomic mass is 9.85. The van der Waals surface area contributed by atoms with Crippen molar-refractivity contribution in [3.05, 3.63) is 99.9 Å². The molecule has 1 atom stereocenters. The molecule has 3 aromatic carbocycles. The Hall–Kier alpha value is -3.84.